The van der Waals surface area contributed by atoms with E-state index in [0.29, 0.717) is 38.4 Å². The molecule has 0 bridgehead atoms. The van der Waals surface area contributed by atoms with Gasteiger partial charge in [0.15, 0.2) is 11.6 Å². The molecular weight excluding hydrogens is 391 g/mol. The second-order valence-corrected chi connectivity index (χ2v) is 7.10. The highest BCUT2D eigenvalue weighted by molar-refractivity contribution is 5.78. The number of para-hydroxylation sites is 3. The van der Waals surface area contributed by atoms with Crippen molar-refractivity contribution in [3.05, 3.63) is 64.5 Å². The summed E-state index contributed by atoms with van der Waals surface area (Å²) < 4.78 is 18.9. The number of hydrogen-bond donors (Lipinski definition) is 0. The summed E-state index contributed by atoms with van der Waals surface area (Å²) in [5.41, 5.74) is 0.701. The number of nitro groups is 1. The van der Waals surface area contributed by atoms with E-state index >= 15 is 0 Å². The lowest BCUT2D eigenvalue weighted by Gasteiger charge is -2.36. The third-order valence-electron chi connectivity index (χ3n) is 5.10. The van der Waals surface area contributed by atoms with Gasteiger partial charge in [0.05, 0.1) is 18.0 Å². The Balaban J connectivity index is 1.44. The number of hydrogen-bond acceptors (Lipinski definition) is 6. The summed E-state index contributed by atoms with van der Waals surface area (Å²) in [5, 5.41) is 11.2. The van der Waals surface area contributed by atoms with Crippen molar-refractivity contribution in [2.75, 3.05) is 57.8 Å². The zero-order valence-electron chi connectivity index (χ0n) is 16.9. The molecule has 1 fully saturated rings. The molecule has 9 heteroatoms. The largest absolute Gasteiger partial charge is 0.489 e. The minimum Gasteiger partial charge on any atom is -0.489 e. The molecule has 1 aliphatic heterocycles. The molecule has 0 unspecified atom stereocenters. The average Bonchev–Trinajstić information content (AvgIpc) is 2.75. The highest BCUT2D eigenvalue weighted by atomic mass is 19.1. The van der Waals surface area contributed by atoms with E-state index in [-0.39, 0.29) is 35.4 Å². The number of amides is 1. The Hall–Kier alpha value is -3.20. The number of nitrogens with zero attached hydrogens (tertiary/aromatic N) is 4. The van der Waals surface area contributed by atoms with Gasteiger partial charge < -0.3 is 14.5 Å². The van der Waals surface area contributed by atoms with E-state index in [1.54, 1.807) is 48.3 Å². The smallest absolute Gasteiger partial charge is 0.292 e. The molecule has 1 heterocycles. The number of halogens is 1. The standard InChI is InChI=1S/C21H25FN4O4/c1-23(14-15-30-20-9-5-2-6-17(20)22)21(27)16-24-10-12-25(13-11-24)18-7-3-4-8-19(18)26(28)29/h2-9H,10-16H2,1H3. The van der Waals surface area contributed by atoms with E-state index in [1.165, 1.54) is 12.1 Å². The molecular formula is C21H25FN4O4. The van der Waals surface area contributed by atoms with Crippen molar-refractivity contribution in [1.29, 1.82) is 0 Å². The van der Waals surface area contributed by atoms with Crippen LogP contribution in [-0.2, 0) is 4.79 Å². The third-order valence-corrected chi connectivity index (χ3v) is 5.10. The second kappa shape index (κ2) is 10.0. The predicted octanol–water partition coefficient (Wildman–Crippen LogP) is 2.39. The Bertz CT molecular complexity index is 887. The summed E-state index contributed by atoms with van der Waals surface area (Å²) in [6, 6.07) is 12.9. The highest BCUT2D eigenvalue weighted by Crippen LogP contribution is 2.28. The van der Waals surface area contributed by atoms with Crippen LogP contribution in [0.2, 0.25) is 0 Å². The maximum absolute atomic E-state index is 13.6. The molecule has 160 valence electrons. The fourth-order valence-corrected chi connectivity index (χ4v) is 3.32. The van der Waals surface area contributed by atoms with Gasteiger partial charge in [-0.2, -0.15) is 0 Å². The first-order valence-electron chi connectivity index (χ1n) is 9.77. The number of piperazine rings is 1. The molecule has 0 radical (unpaired) electrons. The average molecular weight is 416 g/mol. The number of benzene rings is 2. The fourth-order valence-electron chi connectivity index (χ4n) is 3.32. The first kappa shape index (κ1) is 21.5. The van der Waals surface area contributed by atoms with E-state index in [0.717, 1.165) is 0 Å². The molecule has 0 spiro atoms. The number of ether oxygens (including phenoxy) is 1. The van der Waals surface area contributed by atoms with Crippen LogP contribution in [0.4, 0.5) is 15.8 Å². The molecule has 8 nitrogen and oxygen atoms in total. The van der Waals surface area contributed by atoms with E-state index in [1.807, 2.05) is 9.80 Å². The van der Waals surface area contributed by atoms with Gasteiger partial charge in [-0.1, -0.05) is 24.3 Å². The van der Waals surface area contributed by atoms with Crippen molar-refractivity contribution < 1.29 is 18.8 Å². The van der Waals surface area contributed by atoms with Gasteiger partial charge in [0, 0.05) is 39.3 Å². The summed E-state index contributed by atoms with van der Waals surface area (Å²) in [5.74, 6) is -0.307. The van der Waals surface area contributed by atoms with Crippen LogP contribution in [0.5, 0.6) is 5.75 Å². The van der Waals surface area contributed by atoms with E-state index in [9.17, 15) is 19.3 Å². The van der Waals surface area contributed by atoms with Gasteiger partial charge in [0.25, 0.3) is 5.69 Å². The first-order chi connectivity index (χ1) is 14.5. The van der Waals surface area contributed by atoms with Crippen molar-refractivity contribution in [2.45, 2.75) is 0 Å². The number of nitro benzene ring substituents is 1. The normalized spacial score (nSPS) is 14.4. The number of likely N-dealkylation sites (N-methyl/N-ethyl adjacent to an activating group) is 1. The Kier molecular flexibility index (Phi) is 7.18. The highest BCUT2D eigenvalue weighted by Gasteiger charge is 2.24. The van der Waals surface area contributed by atoms with Gasteiger partial charge in [-0.3, -0.25) is 19.8 Å². The van der Waals surface area contributed by atoms with Crippen LogP contribution < -0.4 is 9.64 Å². The van der Waals surface area contributed by atoms with Crippen LogP contribution in [0.1, 0.15) is 0 Å². The minimum atomic E-state index is -0.428. The molecule has 0 atom stereocenters. The second-order valence-electron chi connectivity index (χ2n) is 7.10. The third kappa shape index (κ3) is 5.44. The topological polar surface area (TPSA) is 79.2 Å². The summed E-state index contributed by atoms with van der Waals surface area (Å²) >= 11 is 0. The number of carbonyl (C=O) groups excluding carboxylic acids is 1. The number of rotatable bonds is 8. The molecule has 1 aliphatic rings. The molecule has 2 aromatic rings. The lowest BCUT2D eigenvalue weighted by molar-refractivity contribution is -0.384. The maximum atomic E-state index is 13.6. The van der Waals surface area contributed by atoms with Gasteiger partial charge in [-0.15, -0.1) is 0 Å². The molecule has 3 rings (SSSR count). The minimum absolute atomic E-state index is 0.0497. The van der Waals surface area contributed by atoms with E-state index < -0.39 is 5.82 Å². The Labute approximate surface area is 174 Å². The van der Waals surface area contributed by atoms with Crippen molar-refractivity contribution in [3.8, 4) is 5.75 Å². The Morgan fingerprint density at radius 2 is 1.80 bits per heavy atom. The zero-order chi connectivity index (χ0) is 21.5. The molecule has 2 aromatic carbocycles. The SMILES string of the molecule is CN(CCOc1ccccc1F)C(=O)CN1CCN(c2ccccc2[N+](=O)[O-])CC1. The van der Waals surface area contributed by atoms with Crippen LogP contribution in [0, 0.1) is 15.9 Å². The van der Waals surface area contributed by atoms with Gasteiger partial charge in [0.2, 0.25) is 5.91 Å². The summed E-state index contributed by atoms with van der Waals surface area (Å²) in [7, 11) is 1.69. The summed E-state index contributed by atoms with van der Waals surface area (Å²) in [6.07, 6.45) is 0. The quantitative estimate of drug-likeness (QED) is 0.486. The molecule has 0 saturated carbocycles. The number of carbonyl (C=O) groups is 1. The van der Waals surface area contributed by atoms with Crippen molar-refractivity contribution in [3.63, 3.8) is 0 Å². The Morgan fingerprint density at radius 3 is 2.50 bits per heavy atom. The molecule has 1 saturated heterocycles. The maximum Gasteiger partial charge on any atom is 0.292 e. The number of anilines is 1. The molecule has 0 aromatic heterocycles. The van der Waals surface area contributed by atoms with E-state index in [4.69, 9.17) is 4.74 Å². The van der Waals surface area contributed by atoms with Crippen LogP contribution in [-0.4, -0.2) is 73.6 Å². The van der Waals surface area contributed by atoms with E-state index in [2.05, 4.69) is 0 Å². The lowest BCUT2D eigenvalue weighted by atomic mass is 10.2. The molecule has 0 N–H and O–H groups in total. The van der Waals surface area contributed by atoms with Gasteiger partial charge in [0.1, 0.15) is 12.3 Å². The van der Waals surface area contributed by atoms with Crippen molar-refractivity contribution in [2.24, 2.45) is 0 Å². The monoisotopic (exact) mass is 416 g/mol. The fraction of sp³-hybridized carbons (Fsp3) is 0.381. The van der Waals surface area contributed by atoms with Crippen LogP contribution in [0.25, 0.3) is 0 Å². The molecule has 30 heavy (non-hydrogen) atoms. The van der Waals surface area contributed by atoms with Gasteiger partial charge >= 0.3 is 0 Å². The van der Waals surface area contributed by atoms with Crippen LogP contribution in [0.3, 0.4) is 0 Å². The molecule has 1 amide bonds. The van der Waals surface area contributed by atoms with Crippen molar-refractivity contribution >= 4 is 17.3 Å². The summed E-state index contributed by atoms with van der Waals surface area (Å²) in [4.78, 5) is 28.9. The predicted molar refractivity (Wildman–Crippen MR) is 111 cm³/mol. The lowest BCUT2D eigenvalue weighted by Crippen LogP contribution is -2.50. The summed E-state index contributed by atoms with van der Waals surface area (Å²) in [6.45, 7) is 3.31. The zero-order valence-corrected chi connectivity index (χ0v) is 16.9. The Morgan fingerprint density at radius 1 is 1.13 bits per heavy atom. The van der Waals surface area contributed by atoms with Crippen molar-refractivity contribution in [1.82, 2.24) is 9.80 Å². The first-order valence-corrected chi connectivity index (χ1v) is 9.77. The molecule has 0 aliphatic carbocycles. The van der Waals surface area contributed by atoms with Crippen LogP contribution in [0.15, 0.2) is 48.5 Å². The van der Waals surface area contributed by atoms with Gasteiger partial charge in [-0.25, -0.2) is 4.39 Å². The van der Waals surface area contributed by atoms with Crippen LogP contribution >= 0.6 is 0 Å². The van der Waals surface area contributed by atoms with Gasteiger partial charge in [-0.05, 0) is 18.2 Å².